The summed E-state index contributed by atoms with van der Waals surface area (Å²) in [4.78, 5) is 0. The minimum atomic E-state index is -2.90. The Morgan fingerprint density at radius 1 is 1.00 bits per heavy atom. The molecule has 0 amide bonds. The van der Waals surface area contributed by atoms with Crippen molar-refractivity contribution in [3.05, 3.63) is 42.2 Å². The largest absolute Gasteiger partial charge is 0.444 e. The SMILES string of the molecule is CC(C)(C)C1=CC(C(C)(C)C)P(=O)(c2ccccc2)O1. The van der Waals surface area contributed by atoms with E-state index in [4.69, 9.17) is 4.52 Å². The smallest absolute Gasteiger partial charge is 0.284 e. The Morgan fingerprint density at radius 2 is 1.55 bits per heavy atom. The van der Waals surface area contributed by atoms with Gasteiger partial charge in [-0.15, -0.1) is 0 Å². The lowest BCUT2D eigenvalue weighted by Crippen LogP contribution is -2.26. The molecule has 2 unspecified atom stereocenters. The molecule has 0 N–H and O–H groups in total. The van der Waals surface area contributed by atoms with Gasteiger partial charge in [0.25, 0.3) is 7.37 Å². The Kier molecular flexibility index (Phi) is 3.67. The number of hydrogen-bond donors (Lipinski definition) is 0. The maximum atomic E-state index is 13.6. The van der Waals surface area contributed by atoms with E-state index in [-0.39, 0.29) is 16.5 Å². The van der Waals surface area contributed by atoms with Crippen molar-refractivity contribution in [2.24, 2.45) is 10.8 Å². The van der Waals surface area contributed by atoms with Gasteiger partial charge in [0.15, 0.2) is 0 Å². The van der Waals surface area contributed by atoms with E-state index in [0.717, 1.165) is 11.1 Å². The van der Waals surface area contributed by atoms with Crippen molar-refractivity contribution in [2.45, 2.75) is 47.2 Å². The van der Waals surface area contributed by atoms with Crippen molar-refractivity contribution < 1.29 is 9.09 Å². The van der Waals surface area contributed by atoms with Crippen molar-refractivity contribution in [1.29, 1.82) is 0 Å². The average Bonchev–Trinajstić information content (AvgIpc) is 2.69. The van der Waals surface area contributed by atoms with Crippen LogP contribution in [0.2, 0.25) is 0 Å². The van der Waals surface area contributed by atoms with E-state index < -0.39 is 7.37 Å². The second-order valence-corrected chi connectivity index (χ2v) is 10.1. The van der Waals surface area contributed by atoms with Crippen molar-refractivity contribution in [2.75, 3.05) is 0 Å². The molecule has 0 fully saturated rings. The molecule has 1 heterocycles. The van der Waals surface area contributed by atoms with Crippen LogP contribution in [0.5, 0.6) is 0 Å². The predicted molar refractivity (Wildman–Crippen MR) is 85.5 cm³/mol. The molecule has 0 radical (unpaired) electrons. The van der Waals surface area contributed by atoms with Gasteiger partial charge in [-0.2, -0.15) is 0 Å². The molecule has 0 aromatic heterocycles. The standard InChI is InChI=1S/C17H25O2P/c1-16(2,3)14-12-15(17(4,5)6)20(18,19-14)13-10-8-7-9-11-13/h7-12,15H,1-6H3. The molecule has 2 rings (SSSR count). The van der Waals surface area contributed by atoms with Crippen molar-refractivity contribution >= 4 is 12.7 Å². The highest BCUT2D eigenvalue weighted by molar-refractivity contribution is 7.68. The van der Waals surface area contributed by atoms with Crippen LogP contribution < -0.4 is 5.30 Å². The van der Waals surface area contributed by atoms with E-state index in [1.165, 1.54) is 0 Å². The van der Waals surface area contributed by atoms with Gasteiger partial charge in [0.05, 0.1) is 5.66 Å². The minimum Gasteiger partial charge on any atom is -0.444 e. The van der Waals surface area contributed by atoms with E-state index in [1.807, 2.05) is 30.3 Å². The summed E-state index contributed by atoms with van der Waals surface area (Å²) in [6.07, 6.45) is 2.09. The first-order valence-electron chi connectivity index (χ1n) is 7.12. The first-order chi connectivity index (χ1) is 9.05. The van der Waals surface area contributed by atoms with Gasteiger partial charge in [-0.3, -0.25) is 4.57 Å². The molecule has 0 spiro atoms. The molecule has 1 aliphatic rings. The van der Waals surface area contributed by atoms with Crippen LogP contribution in [0.15, 0.2) is 42.2 Å². The van der Waals surface area contributed by atoms with Gasteiger partial charge in [0.2, 0.25) is 0 Å². The fourth-order valence-corrected chi connectivity index (χ4v) is 5.58. The topological polar surface area (TPSA) is 26.3 Å². The lowest BCUT2D eigenvalue weighted by atomic mass is 9.87. The maximum absolute atomic E-state index is 13.6. The normalized spacial score (nSPS) is 27.1. The lowest BCUT2D eigenvalue weighted by Gasteiger charge is -2.30. The van der Waals surface area contributed by atoms with Crippen LogP contribution >= 0.6 is 7.37 Å². The monoisotopic (exact) mass is 292 g/mol. The van der Waals surface area contributed by atoms with Crippen LogP contribution in [0.25, 0.3) is 0 Å². The van der Waals surface area contributed by atoms with E-state index in [9.17, 15) is 4.57 Å². The van der Waals surface area contributed by atoms with Crippen molar-refractivity contribution in [3.63, 3.8) is 0 Å². The van der Waals surface area contributed by atoms with Crippen LogP contribution in [0.3, 0.4) is 0 Å². The second-order valence-electron chi connectivity index (χ2n) is 7.62. The summed E-state index contributed by atoms with van der Waals surface area (Å²) in [6, 6.07) is 9.62. The number of allylic oxidation sites excluding steroid dienone is 2. The van der Waals surface area contributed by atoms with E-state index in [2.05, 4.69) is 47.6 Å². The summed E-state index contributed by atoms with van der Waals surface area (Å²) in [5.41, 5.74) is -0.297. The van der Waals surface area contributed by atoms with E-state index in [1.54, 1.807) is 0 Å². The molecule has 2 atom stereocenters. The molecule has 20 heavy (non-hydrogen) atoms. The van der Waals surface area contributed by atoms with E-state index >= 15 is 0 Å². The third kappa shape index (κ3) is 2.72. The van der Waals surface area contributed by atoms with Crippen LogP contribution in [0.4, 0.5) is 0 Å². The maximum Gasteiger partial charge on any atom is 0.284 e. The second kappa shape index (κ2) is 4.77. The first kappa shape index (κ1) is 15.4. The van der Waals surface area contributed by atoms with Gasteiger partial charge >= 0.3 is 0 Å². The van der Waals surface area contributed by atoms with Crippen LogP contribution in [0.1, 0.15) is 41.5 Å². The molecule has 0 bridgehead atoms. The summed E-state index contributed by atoms with van der Waals surface area (Å²) in [7, 11) is -2.90. The molecule has 1 aromatic rings. The Labute approximate surface area is 122 Å². The van der Waals surface area contributed by atoms with Crippen LogP contribution in [0, 0.1) is 10.8 Å². The summed E-state index contributed by atoms with van der Waals surface area (Å²) in [5.74, 6) is 0.851. The van der Waals surface area contributed by atoms with Crippen LogP contribution in [-0.4, -0.2) is 5.66 Å². The summed E-state index contributed by atoms with van der Waals surface area (Å²) >= 11 is 0. The number of rotatable bonds is 1. The van der Waals surface area contributed by atoms with Gasteiger partial charge in [-0.25, -0.2) is 0 Å². The average molecular weight is 292 g/mol. The van der Waals surface area contributed by atoms with Crippen molar-refractivity contribution in [3.8, 4) is 0 Å². The van der Waals surface area contributed by atoms with Gasteiger partial charge in [-0.1, -0.05) is 59.7 Å². The zero-order chi connectivity index (χ0) is 15.2. The fourth-order valence-electron chi connectivity index (χ4n) is 2.47. The third-order valence-corrected chi connectivity index (χ3v) is 6.79. The molecule has 110 valence electrons. The fraction of sp³-hybridized carbons (Fsp3) is 0.529. The quantitative estimate of drug-likeness (QED) is 0.683. The Bertz CT molecular complexity index is 559. The van der Waals surface area contributed by atoms with Gasteiger partial charge in [0.1, 0.15) is 5.76 Å². The summed E-state index contributed by atoms with van der Waals surface area (Å²) in [5, 5.41) is 0.815. The molecule has 0 aliphatic carbocycles. The van der Waals surface area contributed by atoms with Gasteiger partial charge < -0.3 is 4.52 Å². The zero-order valence-corrected chi connectivity index (χ0v) is 14.2. The Morgan fingerprint density at radius 3 is 2.00 bits per heavy atom. The molecule has 2 nitrogen and oxygen atoms in total. The number of benzene rings is 1. The molecular formula is C17H25O2P. The predicted octanol–water partition coefficient (Wildman–Crippen LogP) is 4.96. The molecule has 1 aliphatic heterocycles. The highest BCUT2D eigenvalue weighted by Crippen LogP contribution is 2.64. The molecule has 0 saturated heterocycles. The third-order valence-electron chi connectivity index (χ3n) is 3.65. The summed E-state index contributed by atoms with van der Waals surface area (Å²) < 4.78 is 19.6. The van der Waals surface area contributed by atoms with Crippen molar-refractivity contribution in [1.82, 2.24) is 0 Å². The Balaban J connectivity index is 2.53. The van der Waals surface area contributed by atoms with E-state index in [0.29, 0.717) is 0 Å². The summed E-state index contributed by atoms with van der Waals surface area (Å²) in [6.45, 7) is 12.7. The Hall–Kier alpha value is -1.01. The van der Waals surface area contributed by atoms with Gasteiger partial charge in [0, 0.05) is 10.7 Å². The number of hydrogen-bond acceptors (Lipinski definition) is 2. The molecule has 3 heteroatoms. The lowest BCUT2D eigenvalue weighted by molar-refractivity contribution is 0.304. The highest BCUT2D eigenvalue weighted by Gasteiger charge is 2.49. The van der Waals surface area contributed by atoms with Gasteiger partial charge in [-0.05, 0) is 23.6 Å². The molecule has 1 aromatic carbocycles. The van der Waals surface area contributed by atoms with Crippen LogP contribution in [-0.2, 0) is 9.09 Å². The minimum absolute atomic E-state index is 0.0772. The molecular weight excluding hydrogens is 267 g/mol. The zero-order valence-electron chi connectivity index (χ0n) is 13.3. The molecule has 0 saturated carbocycles. The first-order valence-corrected chi connectivity index (χ1v) is 8.82. The highest BCUT2D eigenvalue weighted by atomic mass is 31.2.